The molecule has 0 bridgehead atoms. The number of ether oxygens (including phenoxy) is 1. The van der Waals surface area contributed by atoms with Gasteiger partial charge in [-0.2, -0.15) is 18.4 Å². The Morgan fingerprint density at radius 1 is 1.00 bits per heavy atom. The van der Waals surface area contributed by atoms with Gasteiger partial charge in [0.25, 0.3) is 0 Å². The second-order valence-corrected chi connectivity index (χ2v) is 4.23. The molecule has 0 atom stereocenters. The second kappa shape index (κ2) is 5.43. The van der Waals surface area contributed by atoms with E-state index in [9.17, 15) is 13.2 Å². The lowest BCUT2D eigenvalue weighted by Gasteiger charge is -2.14. The van der Waals surface area contributed by atoms with Gasteiger partial charge in [-0.05, 0) is 24.3 Å². The van der Waals surface area contributed by atoms with E-state index in [0.717, 1.165) is 6.07 Å². The van der Waals surface area contributed by atoms with Crippen LogP contribution in [0.15, 0.2) is 42.5 Å². The van der Waals surface area contributed by atoms with Crippen LogP contribution in [0.3, 0.4) is 0 Å². The number of rotatable bonds is 2. The maximum Gasteiger partial charge on any atom is 0.419 e. The number of para-hydroxylation sites is 1. The maximum absolute atomic E-state index is 12.8. The Kier molecular flexibility index (Phi) is 3.86. The average Bonchev–Trinajstić information content (AvgIpc) is 2.38. The van der Waals surface area contributed by atoms with E-state index in [-0.39, 0.29) is 22.1 Å². The fourth-order valence-electron chi connectivity index (χ4n) is 1.61. The highest BCUT2D eigenvalue weighted by Crippen LogP contribution is 2.39. The topological polar surface area (TPSA) is 33.0 Å². The van der Waals surface area contributed by atoms with Gasteiger partial charge in [0.15, 0.2) is 0 Å². The normalized spacial score (nSPS) is 10.9. The third-order valence-electron chi connectivity index (χ3n) is 2.50. The van der Waals surface area contributed by atoms with Gasteiger partial charge in [-0.3, -0.25) is 0 Å². The van der Waals surface area contributed by atoms with Gasteiger partial charge >= 0.3 is 6.18 Å². The van der Waals surface area contributed by atoms with Crippen molar-refractivity contribution in [1.29, 1.82) is 5.26 Å². The smallest absolute Gasteiger partial charge is 0.419 e. The molecule has 0 saturated heterocycles. The molecule has 0 amide bonds. The van der Waals surface area contributed by atoms with Crippen LogP contribution >= 0.6 is 11.6 Å². The van der Waals surface area contributed by atoms with E-state index in [0.29, 0.717) is 0 Å². The predicted octanol–water partition coefficient (Wildman–Crippen LogP) is 5.02. The number of hydrogen-bond acceptors (Lipinski definition) is 2. The minimum absolute atomic E-state index is 0.00820. The summed E-state index contributed by atoms with van der Waals surface area (Å²) in [6.45, 7) is 0. The lowest BCUT2D eigenvalue weighted by molar-refractivity contribution is -0.138. The largest absolute Gasteiger partial charge is 0.455 e. The molecule has 0 heterocycles. The molecule has 0 saturated carbocycles. The summed E-state index contributed by atoms with van der Waals surface area (Å²) in [7, 11) is 0. The molecule has 0 radical (unpaired) electrons. The van der Waals surface area contributed by atoms with Gasteiger partial charge in [0, 0.05) is 0 Å². The van der Waals surface area contributed by atoms with Gasteiger partial charge in [0.2, 0.25) is 0 Å². The highest BCUT2D eigenvalue weighted by Gasteiger charge is 2.34. The van der Waals surface area contributed by atoms with Crippen molar-refractivity contribution in [3.05, 3.63) is 58.6 Å². The molecule has 102 valence electrons. The van der Waals surface area contributed by atoms with E-state index in [4.69, 9.17) is 21.6 Å². The molecule has 0 spiro atoms. The number of hydrogen-bond donors (Lipinski definition) is 0. The standard InChI is InChI=1S/C14H7ClF3NO/c15-11-5-3-7-12(9(11)8-19)20-13-6-2-1-4-10(13)14(16,17)18/h1-7H. The third-order valence-corrected chi connectivity index (χ3v) is 2.81. The summed E-state index contributed by atoms with van der Waals surface area (Å²) >= 11 is 5.80. The molecular formula is C14H7ClF3NO. The van der Waals surface area contributed by atoms with Crippen molar-refractivity contribution in [2.75, 3.05) is 0 Å². The summed E-state index contributed by atoms with van der Waals surface area (Å²) in [6.07, 6.45) is -4.54. The fourth-order valence-corrected chi connectivity index (χ4v) is 1.81. The maximum atomic E-state index is 12.8. The molecule has 0 aliphatic carbocycles. The first-order valence-electron chi connectivity index (χ1n) is 5.46. The van der Waals surface area contributed by atoms with Gasteiger partial charge < -0.3 is 4.74 Å². The Labute approximate surface area is 118 Å². The zero-order valence-electron chi connectivity index (χ0n) is 9.91. The zero-order chi connectivity index (χ0) is 14.8. The molecule has 0 aromatic heterocycles. The van der Waals surface area contributed by atoms with Crippen LogP contribution in [0.25, 0.3) is 0 Å². The summed E-state index contributed by atoms with van der Waals surface area (Å²) in [5, 5.41) is 9.09. The highest BCUT2D eigenvalue weighted by atomic mass is 35.5. The van der Waals surface area contributed by atoms with E-state index >= 15 is 0 Å². The van der Waals surface area contributed by atoms with Crippen LogP contribution in [0.1, 0.15) is 11.1 Å². The van der Waals surface area contributed by atoms with Gasteiger partial charge in [0.1, 0.15) is 23.1 Å². The summed E-state index contributed by atoms with van der Waals surface area (Å²) in [4.78, 5) is 0. The molecule has 0 unspecified atom stereocenters. The first-order valence-corrected chi connectivity index (χ1v) is 5.84. The molecule has 0 N–H and O–H groups in total. The Hall–Kier alpha value is -2.19. The second-order valence-electron chi connectivity index (χ2n) is 3.82. The van der Waals surface area contributed by atoms with Crippen LogP contribution in [0.2, 0.25) is 5.02 Å². The quantitative estimate of drug-likeness (QED) is 0.779. The molecule has 20 heavy (non-hydrogen) atoms. The Bertz CT molecular complexity index is 677. The van der Waals surface area contributed by atoms with Crippen molar-refractivity contribution < 1.29 is 17.9 Å². The minimum atomic E-state index is -4.54. The molecule has 2 aromatic rings. The van der Waals surface area contributed by atoms with Gasteiger partial charge in [-0.1, -0.05) is 29.8 Å². The SMILES string of the molecule is N#Cc1c(Cl)cccc1Oc1ccccc1C(F)(F)F. The Morgan fingerprint density at radius 2 is 1.65 bits per heavy atom. The van der Waals surface area contributed by atoms with E-state index in [1.165, 1.54) is 36.4 Å². The Morgan fingerprint density at radius 3 is 2.30 bits per heavy atom. The van der Waals surface area contributed by atoms with E-state index in [2.05, 4.69) is 0 Å². The molecule has 0 fully saturated rings. The summed E-state index contributed by atoms with van der Waals surface area (Å²) in [5.74, 6) is -0.393. The molecular weight excluding hydrogens is 291 g/mol. The van der Waals surface area contributed by atoms with Gasteiger partial charge in [0.05, 0.1) is 10.6 Å². The molecule has 2 aromatic carbocycles. The van der Waals surface area contributed by atoms with Gasteiger partial charge in [-0.15, -0.1) is 0 Å². The van der Waals surface area contributed by atoms with Crippen LogP contribution < -0.4 is 4.74 Å². The lowest BCUT2D eigenvalue weighted by atomic mass is 10.2. The van der Waals surface area contributed by atoms with E-state index in [1.54, 1.807) is 6.07 Å². The van der Waals surface area contributed by atoms with Crippen molar-refractivity contribution in [2.45, 2.75) is 6.18 Å². The number of nitrogens with zero attached hydrogens (tertiary/aromatic N) is 1. The van der Waals surface area contributed by atoms with Crippen LogP contribution in [-0.2, 0) is 6.18 Å². The summed E-state index contributed by atoms with van der Waals surface area (Å²) in [6, 6.07) is 10.9. The van der Waals surface area contributed by atoms with E-state index < -0.39 is 11.7 Å². The van der Waals surface area contributed by atoms with E-state index in [1.807, 2.05) is 0 Å². The average molecular weight is 298 g/mol. The summed E-state index contributed by atoms with van der Waals surface area (Å²) < 4.78 is 43.7. The fraction of sp³-hybridized carbons (Fsp3) is 0.0714. The summed E-state index contributed by atoms with van der Waals surface area (Å²) in [5.41, 5.74) is -0.921. The molecule has 2 rings (SSSR count). The lowest BCUT2D eigenvalue weighted by Crippen LogP contribution is -2.07. The van der Waals surface area contributed by atoms with Crippen LogP contribution in [0.4, 0.5) is 13.2 Å². The van der Waals surface area contributed by atoms with Crippen LogP contribution in [0.5, 0.6) is 11.5 Å². The zero-order valence-corrected chi connectivity index (χ0v) is 10.7. The van der Waals surface area contributed by atoms with Crippen molar-refractivity contribution >= 4 is 11.6 Å². The first-order chi connectivity index (χ1) is 9.43. The third kappa shape index (κ3) is 2.86. The van der Waals surface area contributed by atoms with Crippen LogP contribution in [0, 0.1) is 11.3 Å². The Balaban J connectivity index is 2.47. The highest BCUT2D eigenvalue weighted by molar-refractivity contribution is 6.31. The number of alkyl halides is 3. The number of halogens is 4. The van der Waals surface area contributed by atoms with Crippen molar-refractivity contribution in [2.24, 2.45) is 0 Å². The predicted molar refractivity (Wildman–Crippen MR) is 67.7 cm³/mol. The van der Waals surface area contributed by atoms with Gasteiger partial charge in [-0.25, -0.2) is 0 Å². The number of benzene rings is 2. The molecule has 2 nitrogen and oxygen atoms in total. The molecule has 0 aliphatic rings. The molecule has 0 aliphatic heterocycles. The van der Waals surface area contributed by atoms with Crippen molar-refractivity contribution in [3.8, 4) is 17.6 Å². The molecule has 6 heteroatoms. The van der Waals surface area contributed by atoms with Crippen molar-refractivity contribution in [1.82, 2.24) is 0 Å². The first kappa shape index (κ1) is 14.2. The monoisotopic (exact) mass is 297 g/mol. The van der Waals surface area contributed by atoms with Crippen molar-refractivity contribution in [3.63, 3.8) is 0 Å². The van der Waals surface area contributed by atoms with Crippen LogP contribution in [-0.4, -0.2) is 0 Å². The number of nitriles is 1. The minimum Gasteiger partial charge on any atom is -0.455 e.